The molecule has 0 spiro atoms. The van der Waals surface area contributed by atoms with Crippen LogP contribution in [0.3, 0.4) is 0 Å². The molecule has 104 valence electrons. The summed E-state index contributed by atoms with van der Waals surface area (Å²) >= 11 is 0. The third-order valence-corrected chi connectivity index (χ3v) is 4.15. The van der Waals surface area contributed by atoms with E-state index in [0.29, 0.717) is 12.3 Å². The lowest BCUT2D eigenvalue weighted by molar-refractivity contribution is -0.131. The molecule has 2 rings (SSSR count). The lowest BCUT2D eigenvalue weighted by Gasteiger charge is -2.32. The van der Waals surface area contributed by atoms with Crippen molar-refractivity contribution in [3.8, 4) is 0 Å². The van der Waals surface area contributed by atoms with Crippen LogP contribution in [0.15, 0.2) is 24.3 Å². The van der Waals surface area contributed by atoms with E-state index in [9.17, 15) is 4.79 Å². The van der Waals surface area contributed by atoms with Gasteiger partial charge in [-0.05, 0) is 49.8 Å². The van der Waals surface area contributed by atoms with Crippen molar-refractivity contribution in [2.24, 2.45) is 11.7 Å². The number of hydrogen-bond acceptors (Lipinski definition) is 2. The zero-order chi connectivity index (χ0) is 13.7. The normalized spacial score (nSPS) is 16.6. The van der Waals surface area contributed by atoms with E-state index in [-0.39, 0.29) is 5.91 Å². The molecule has 0 unspecified atom stereocenters. The molecular weight excluding hydrogens is 236 g/mol. The SMILES string of the molecule is Cc1ccccc1CC(=O)N1CCC(CCN)CC1. The summed E-state index contributed by atoms with van der Waals surface area (Å²) in [7, 11) is 0. The van der Waals surface area contributed by atoms with Crippen LogP contribution < -0.4 is 5.73 Å². The third-order valence-electron chi connectivity index (χ3n) is 4.15. The molecule has 1 aliphatic rings. The lowest BCUT2D eigenvalue weighted by atomic mass is 9.93. The fraction of sp³-hybridized carbons (Fsp3) is 0.562. The summed E-state index contributed by atoms with van der Waals surface area (Å²) in [6.07, 6.45) is 3.85. The molecule has 0 aromatic heterocycles. The standard InChI is InChI=1S/C16H24N2O/c1-13-4-2-3-5-15(13)12-16(19)18-10-7-14(6-9-17)8-11-18/h2-5,14H,6-12,17H2,1H3. The van der Waals surface area contributed by atoms with E-state index in [4.69, 9.17) is 5.73 Å². The van der Waals surface area contributed by atoms with Gasteiger partial charge in [0.1, 0.15) is 0 Å². The number of hydrogen-bond donors (Lipinski definition) is 1. The number of carbonyl (C=O) groups excluding carboxylic acids is 1. The molecule has 2 N–H and O–H groups in total. The minimum atomic E-state index is 0.264. The number of benzene rings is 1. The smallest absolute Gasteiger partial charge is 0.226 e. The van der Waals surface area contributed by atoms with Gasteiger partial charge in [-0.25, -0.2) is 0 Å². The Morgan fingerprint density at radius 2 is 2.00 bits per heavy atom. The van der Waals surface area contributed by atoms with Gasteiger partial charge in [-0.15, -0.1) is 0 Å². The Bertz CT molecular complexity index is 423. The predicted octanol–water partition coefficient (Wildman–Crippen LogP) is 2.12. The quantitative estimate of drug-likeness (QED) is 0.901. The zero-order valence-corrected chi connectivity index (χ0v) is 11.8. The van der Waals surface area contributed by atoms with Crippen LogP contribution in [0, 0.1) is 12.8 Å². The maximum absolute atomic E-state index is 12.3. The molecule has 0 saturated carbocycles. The topological polar surface area (TPSA) is 46.3 Å². The van der Waals surface area contributed by atoms with E-state index >= 15 is 0 Å². The van der Waals surface area contributed by atoms with Gasteiger partial charge in [0.25, 0.3) is 0 Å². The van der Waals surface area contributed by atoms with Crippen LogP contribution >= 0.6 is 0 Å². The van der Waals surface area contributed by atoms with Crippen LogP contribution in [0.4, 0.5) is 0 Å². The van der Waals surface area contributed by atoms with Gasteiger partial charge in [0.15, 0.2) is 0 Å². The average molecular weight is 260 g/mol. The first-order valence-corrected chi connectivity index (χ1v) is 7.23. The predicted molar refractivity (Wildman–Crippen MR) is 77.9 cm³/mol. The summed E-state index contributed by atoms with van der Waals surface area (Å²) in [6, 6.07) is 8.13. The van der Waals surface area contributed by atoms with Gasteiger partial charge in [0, 0.05) is 13.1 Å². The van der Waals surface area contributed by atoms with Crippen molar-refractivity contribution in [1.82, 2.24) is 4.90 Å². The van der Waals surface area contributed by atoms with Crippen molar-refractivity contribution >= 4 is 5.91 Å². The van der Waals surface area contributed by atoms with Gasteiger partial charge in [-0.1, -0.05) is 24.3 Å². The van der Waals surface area contributed by atoms with Crippen LogP contribution in [0.5, 0.6) is 0 Å². The van der Waals surface area contributed by atoms with Crippen LogP contribution in [0.1, 0.15) is 30.4 Å². The fourth-order valence-corrected chi connectivity index (χ4v) is 2.79. The molecule has 1 aromatic carbocycles. The number of nitrogens with zero attached hydrogens (tertiary/aromatic N) is 1. The number of nitrogens with two attached hydrogens (primary N) is 1. The van der Waals surface area contributed by atoms with Crippen molar-refractivity contribution < 1.29 is 4.79 Å². The average Bonchev–Trinajstić information content (AvgIpc) is 2.42. The Morgan fingerprint density at radius 1 is 1.32 bits per heavy atom. The molecule has 0 bridgehead atoms. The Labute approximate surface area is 115 Å². The first-order chi connectivity index (χ1) is 9.20. The van der Waals surface area contributed by atoms with Crippen LogP contribution in [-0.4, -0.2) is 30.4 Å². The highest BCUT2D eigenvalue weighted by Gasteiger charge is 2.22. The Hall–Kier alpha value is -1.35. The van der Waals surface area contributed by atoms with Crippen LogP contribution in [0.25, 0.3) is 0 Å². The van der Waals surface area contributed by atoms with E-state index in [1.807, 2.05) is 17.0 Å². The van der Waals surface area contributed by atoms with E-state index in [1.165, 1.54) is 5.56 Å². The van der Waals surface area contributed by atoms with Crippen molar-refractivity contribution in [1.29, 1.82) is 0 Å². The van der Waals surface area contributed by atoms with Crippen molar-refractivity contribution in [2.75, 3.05) is 19.6 Å². The number of aryl methyl sites for hydroxylation is 1. The van der Waals surface area contributed by atoms with Gasteiger partial charge in [0.2, 0.25) is 5.91 Å². The molecule has 3 heteroatoms. The molecule has 1 amide bonds. The van der Waals surface area contributed by atoms with Gasteiger partial charge in [-0.3, -0.25) is 4.79 Å². The zero-order valence-electron chi connectivity index (χ0n) is 11.8. The largest absolute Gasteiger partial charge is 0.342 e. The second-order valence-electron chi connectivity index (χ2n) is 5.50. The molecule has 0 atom stereocenters. The van der Waals surface area contributed by atoms with Crippen molar-refractivity contribution in [2.45, 2.75) is 32.6 Å². The highest BCUT2D eigenvalue weighted by Crippen LogP contribution is 2.20. The molecule has 1 heterocycles. The minimum Gasteiger partial charge on any atom is -0.342 e. The molecular formula is C16H24N2O. The second kappa shape index (κ2) is 6.71. The van der Waals surface area contributed by atoms with E-state index in [2.05, 4.69) is 19.1 Å². The number of carbonyl (C=O) groups is 1. The molecule has 1 aliphatic heterocycles. The van der Waals surface area contributed by atoms with Gasteiger partial charge < -0.3 is 10.6 Å². The molecule has 19 heavy (non-hydrogen) atoms. The van der Waals surface area contributed by atoms with Gasteiger partial charge in [-0.2, -0.15) is 0 Å². The molecule has 0 aliphatic carbocycles. The van der Waals surface area contributed by atoms with Crippen molar-refractivity contribution in [3.05, 3.63) is 35.4 Å². The van der Waals surface area contributed by atoms with E-state index in [0.717, 1.165) is 44.5 Å². The minimum absolute atomic E-state index is 0.264. The summed E-state index contributed by atoms with van der Waals surface area (Å²) < 4.78 is 0. The maximum atomic E-state index is 12.3. The highest BCUT2D eigenvalue weighted by atomic mass is 16.2. The summed E-state index contributed by atoms with van der Waals surface area (Å²) in [5.41, 5.74) is 7.94. The first-order valence-electron chi connectivity index (χ1n) is 7.23. The van der Waals surface area contributed by atoms with Crippen LogP contribution in [-0.2, 0) is 11.2 Å². The monoisotopic (exact) mass is 260 g/mol. The maximum Gasteiger partial charge on any atom is 0.226 e. The number of likely N-dealkylation sites (tertiary alicyclic amines) is 1. The Balaban J connectivity index is 1.87. The number of piperidine rings is 1. The molecule has 0 radical (unpaired) electrons. The Kier molecular flexibility index (Phi) is 4.97. The summed E-state index contributed by atoms with van der Waals surface area (Å²) in [5, 5.41) is 0. The summed E-state index contributed by atoms with van der Waals surface area (Å²) in [6.45, 7) is 4.63. The lowest BCUT2D eigenvalue weighted by Crippen LogP contribution is -2.39. The number of amides is 1. The third kappa shape index (κ3) is 3.80. The summed E-state index contributed by atoms with van der Waals surface area (Å²) in [4.78, 5) is 14.3. The van der Waals surface area contributed by atoms with Crippen LogP contribution in [0.2, 0.25) is 0 Å². The Morgan fingerprint density at radius 3 is 2.63 bits per heavy atom. The first kappa shape index (κ1) is 14.1. The van der Waals surface area contributed by atoms with E-state index < -0.39 is 0 Å². The summed E-state index contributed by atoms with van der Waals surface area (Å²) in [5.74, 6) is 0.980. The van der Waals surface area contributed by atoms with Crippen molar-refractivity contribution in [3.63, 3.8) is 0 Å². The number of rotatable bonds is 4. The second-order valence-corrected chi connectivity index (χ2v) is 5.50. The molecule has 1 aromatic rings. The fourth-order valence-electron chi connectivity index (χ4n) is 2.79. The molecule has 3 nitrogen and oxygen atoms in total. The van der Waals surface area contributed by atoms with Gasteiger partial charge in [0.05, 0.1) is 6.42 Å². The highest BCUT2D eigenvalue weighted by molar-refractivity contribution is 5.79. The molecule has 1 saturated heterocycles. The van der Waals surface area contributed by atoms with Gasteiger partial charge >= 0.3 is 0 Å². The molecule has 1 fully saturated rings. The van der Waals surface area contributed by atoms with E-state index in [1.54, 1.807) is 0 Å².